The third-order valence-electron chi connectivity index (χ3n) is 9.20. The van der Waals surface area contributed by atoms with E-state index in [2.05, 4.69) is 20.1 Å². The van der Waals surface area contributed by atoms with Crippen molar-refractivity contribution < 1.29 is 29.0 Å². The minimum atomic E-state index is -1.17. The summed E-state index contributed by atoms with van der Waals surface area (Å²) in [6.07, 6.45) is 7.04. The van der Waals surface area contributed by atoms with Gasteiger partial charge in [0.15, 0.2) is 0 Å². The van der Waals surface area contributed by atoms with E-state index >= 15 is 0 Å². The number of allylic oxidation sites excluding steroid dienone is 1. The van der Waals surface area contributed by atoms with E-state index in [9.17, 15) is 19.5 Å². The molecule has 3 saturated heterocycles. The fraction of sp³-hybridized carbons (Fsp3) is 0.767. The Morgan fingerprint density at radius 3 is 2.53 bits per heavy atom. The molecule has 38 heavy (non-hydrogen) atoms. The van der Waals surface area contributed by atoms with Gasteiger partial charge < -0.3 is 24.4 Å². The van der Waals surface area contributed by atoms with E-state index in [0.29, 0.717) is 19.4 Å². The lowest BCUT2D eigenvalue weighted by Gasteiger charge is -2.42. The number of aliphatic hydroxyl groups is 1. The summed E-state index contributed by atoms with van der Waals surface area (Å²) in [5.41, 5.74) is -2.09. The molecule has 3 aliphatic heterocycles. The van der Waals surface area contributed by atoms with E-state index in [1.54, 1.807) is 22.0 Å². The first-order valence-electron chi connectivity index (χ1n) is 14.3. The van der Waals surface area contributed by atoms with Crippen LogP contribution in [0, 0.1) is 23.7 Å². The number of aliphatic hydroxyl groups excluding tert-OH is 1. The third kappa shape index (κ3) is 4.83. The van der Waals surface area contributed by atoms with Crippen molar-refractivity contribution in [2.24, 2.45) is 23.7 Å². The number of esters is 1. The predicted octanol–water partition coefficient (Wildman–Crippen LogP) is 3.73. The lowest BCUT2D eigenvalue weighted by Crippen LogP contribution is -2.60. The first-order chi connectivity index (χ1) is 18.0. The van der Waals surface area contributed by atoms with Gasteiger partial charge in [-0.05, 0) is 51.4 Å². The van der Waals surface area contributed by atoms with E-state index < -0.39 is 41.1 Å². The van der Waals surface area contributed by atoms with Crippen LogP contribution in [0.2, 0.25) is 0 Å². The summed E-state index contributed by atoms with van der Waals surface area (Å²) in [6, 6.07) is -1.60. The van der Waals surface area contributed by atoms with Crippen LogP contribution in [-0.2, 0) is 23.9 Å². The zero-order valence-corrected chi connectivity index (χ0v) is 24.2. The second-order valence-electron chi connectivity index (χ2n) is 12.0. The fourth-order valence-electron chi connectivity index (χ4n) is 7.14. The molecule has 0 aromatic carbocycles. The van der Waals surface area contributed by atoms with Crippen LogP contribution in [-0.4, -0.2) is 81.8 Å². The first kappa shape index (κ1) is 30.4. The average Bonchev–Trinajstić information content (AvgIpc) is 3.37. The summed E-state index contributed by atoms with van der Waals surface area (Å²) in [6.45, 7) is 19.7. The smallest absolute Gasteiger partial charge is 0.312 e. The molecule has 3 aliphatic rings. The van der Waals surface area contributed by atoms with E-state index in [1.165, 1.54) is 0 Å². The van der Waals surface area contributed by atoms with Gasteiger partial charge in [0, 0.05) is 12.6 Å². The van der Waals surface area contributed by atoms with Crippen LogP contribution in [0.15, 0.2) is 25.3 Å². The van der Waals surface area contributed by atoms with Crippen LogP contribution >= 0.6 is 0 Å². The molecule has 2 bridgehead atoms. The molecule has 214 valence electrons. The summed E-state index contributed by atoms with van der Waals surface area (Å²) < 4.78 is 12.5. The molecule has 8 atom stereocenters. The van der Waals surface area contributed by atoms with E-state index in [4.69, 9.17) is 9.47 Å². The summed E-state index contributed by atoms with van der Waals surface area (Å²) in [7, 11) is 0. The van der Waals surface area contributed by atoms with Gasteiger partial charge in [-0.15, -0.1) is 13.2 Å². The molecular weight excluding hydrogens is 484 g/mol. The third-order valence-corrected chi connectivity index (χ3v) is 9.20. The van der Waals surface area contributed by atoms with Crippen molar-refractivity contribution in [3.63, 3.8) is 0 Å². The topological polar surface area (TPSA) is 96.4 Å². The fourth-order valence-corrected chi connectivity index (χ4v) is 7.14. The van der Waals surface area contributed by atoms with Gasteiger partial charge in [-0.3, -0.25) is 14.4 Å². The molecule has 1 N–H and O–H groups in total. The average molecular weight is 533 g/mol. The molecule has 3 rings (SSSR count). The van der Waals surface area contributed by atoms with Crippen molar-refractivity contribution >= 4 is 17.8 Å². The highest BCUT2D eigenvalue weighted by molar-refractivity contribution is 5.99. The highest BCUT2D eigenvalue weighted by Gasteiger charge is 2.81. The first-order valence-corrected chi connectivity index (χ1v) is 14.3. The second-order valence-corrected chi connectivity index (χ2v) is 12.0. The number of unbranched alkanes of at least 4 members (excludes halogenated alkanes) is 1. The van der Waals surface area contributed by atoms with E-state index in [0.717, 1.165) is 19.3 Å². The Kier molecular flexibility index (Phi) is 9.51. The second kappa shape index (κ2) is 11.9. The van der Waals surface area contributed by atoms with Gasteiger partial charge >= 0.3 is 5.97 Å². The standard InChI is InChI=1S/C30H48N2O6/c1-9-12-13-16-37-28(36)24-23-26(34)32(22(18-33)19(4)5)25(30(23)17-20(6)29(24,8)38-30)27(35)31(15-11-3)21(7)14-10-2/h9,11,19-25,33H,1,3,10,12-18H2,2,4-8H3/t20?,21?,22-,23-,24+,25?,29-,30?/m0/s1. The molecular formula is C30H48N2O6. The highest BCUT2D eigenvalue weighted by atomic mass is 16.6. The van der Waals surface area contributed by atoms with Crippen LogP contribution < -0.4 is 0 Å². The number of amides is 2. The minimum absolute atomic E-state index is 0.0678. The molecule has 8 nitrogen and oxygen atoms in total. The SMILES string of the molecule is C=CCCCOC(=O)[C@H]1[C@H]2C(=O)N([C@@H](CO)C(C)C)C(C(=O)N(CC=C)C(C)CCC)C23CC(C)[C@]1(C)O3. The Morgan fingerprint density at radius 2 is 1.97 bits per heavy atom. The van der Waals surface area contributed by atoms with Crippen molar-refractivity contribution in [2.75, 3.05) is 19.8 Å². The molecule has 3 fully saturated rings. The Morgan fingerprint density at radius 1 is 1.29 bits per heavy atom. The number of hydrogen-bond donors (Lipinski definition) is 1. The largest absolute Gasteiger partial charge is 0.465 e. The number of carbonyl (C=O) groups excluding carboxylic acids is 3. The van der Waals surface area contributed by atoms with Crippen LogP contribution in [0.4, 0.5) is 0 Å². The zero-order chi connectivity index (χ0) is 28.4. The number of nitrogens with zero attached hydrogens (tertiary/aromatic N) is 2. The summed E-state index contributed by atoms with van der Waals surface area (Å²) in [5.74, 6) is -2.81. The Hall–Kier alpha value is -2.19. The Labute approximate surface area is 228 Å². The lowest BCUT2D eigenvalue weighted by atomic mass is 9.62. The van der Waals surface area contributed by atoms with Crippen LogP contribution in [0.1, 0.15) is 73.6 Å². The van der Waals surface area contributed by atoms with Crippen molar-refractivity contribution in [3.8, 4) is 0 Å². The molecule has 3 heterocycles. The van der Waals surface area contributed by atoms with Gasteiger partial charge in [-0.2, -0.15) is 0 Å². The van der Waals surface area contributed by atoms with Gasteiger partial charge in [0.05, 0.1) is 30.8 Å². The van der Waals surface area contributed by atoms with Crippen LogP contribution in [0.3, 0.4) is 0 Å². The number of rotatable bonds is 14. The van der Waals surface area contributed by atoms with Gasteiger partial charge in [0.1, 0.15) is 17.6 Å². The van der Waals surface area contributed by atoms with Gasteiger partial charge in [0.2, 0.25) is 11.8 Å². The van der Waals surface area contributed by atoms with E-state index in [-0.39, 0.29) is 42.9 Å². The van der Waals surface area contributed by atoms with E-state index in [1.807, 2.05) is 34.6 Å². The van der Waals surface area contributed by atoms with Gasteiger partial charge in [-0.25, -0.2) is 0 Å². The van der Waals surface area contributed by atoms with Crippen LogP contribution in [0.25, 0.3) is 0 Å². The summed E-state index contributed by atoms with van der Waals surface area (Å²) in [5, 5.41) is 10.4. The lowest BCUT2D eigenvalue weighted by molar-refractivity contribution is -0.164. The molecule has 0 aliphatic carbocycles. The number of ether oxygens (including phenoxy) is 2. The molecule has 4 unspecified atom stereocenters. The summed E-state index contributed by atoms with van der Waals surface area (Å²) >= 11 is 0. The molecule has 8 heteroatoms. The minimum Gasteiger partial charge on any atom is -0.465 e. The zero-order valence-electron chi connectivity index (χ0n) is 24.2. The number of hydrogen-bond acceptors (Lipinski definition) is 6. The quantitative estimate of drug-likeness (QED) is 0.208. The Bertz CT molecular complexity index is 920. The molecule has 0 aromatic heterocycles. The summed E-state index contributed by atoms with van der Waals surface area (Å²) in [4.78, 5) is 45.7. The highest BCUT2D eigenvalue weighted by Crippen LogP contribution is 2.65. The predicted molar refractivity (Wildman–Crippen MR) is 146 cm³/mol. The van der Waals surface area contributed by atoms with Gasteiger partial charge in [-0.1, -0.05) is 46.3 Å². The number of carbonyl (C=O) groups is 3. The van der Waals surface area contributed by atoms with Crippen molar-refractivity contribution in [3.05, 3.63) is 25.3 Å². The Balaban J connectivity index is 2.12. The normalized spacial score (nSPS) is 33.3. The maximum atomic E-state index is 14.5. The van der Waals surface area contributed by atoms with Crippen molar-refractivity contribution in [1.82, 2.24) is 9.80 Å². The molecule has 0 radical (unpaired) electrons. The number of likely N-dealkylation sites (tertiary alicyclic amines) is 1. The molecule has 2 amide bonds. The number of fused-ring (bicyclic) bond motifs is 1. The van der Waals surface area contributed by atoms with Crippen molar-refractivity contribution in [2.45, 2.75) is 103 Å². The van der Waals surface area contributed by atoms with Crippen molar-refractivity contribution in [1.29, 1.82) is 0 Å². The molecule has 0 aromatic rings. The molecule has 1 spiro atoms. The molecule has 0 saturated carbocycles. The van der Waals surface area contributed by atoms with Crippen LogP contribution in [0.5, 0.6) is 0 Å². The van der Waals surface area contributed by atoms with Gasteiger partial charge in [0.25, 0.3) is 0 Å². The monoisotopic (exact) mass is 532 g/mol. The maximum absolute atomic E-state index is 14.5. The maximum Gasteiger partial charge on any atom is 0.312 e.